The van der Waals surface area contributed by atoms with Crippen LogP contribution in [0.2, 0.25) is 0 Å². The van der Waals surface area contributed by atoms with Crippen LogP contribution in [0.1, 0.15) is 66.2 Å². The summed E-state index contributed by atoms with van der Waals surface area (Å²) in [5.74, 6) is 0.692. The number of aliphatic imine (C=N–C) groups is 1. The zero-order valence-corrected chi connectivity index (χ0v) is 16.5. The maximum Gasteiger partial charge on any atom is 0.410 e. The van der Waals surface area contributed by atoms with E-state index in [9.17, 15) is 4.79 Å². The van der Waals surface area contributed by atoms with E-state index in [1.54, 1.807) is 0 Å². The Morgan fingerprint density at radius 1 is 1.04 bits per heavy atom. The lowest BCUT2D eigenvalue weighted by Gasteiger charge is -2.39. The van der Waals surface area contributed by atoms with Crippen LogP contribution in [-0.4, -0.2) is 60.2 Å². The Labute approximate surface area is 152 Å². The summed E-state index contributed by atoms with van der Waals surface area (Å²) in [5.41, 5.74) is 5.90. The van der Waals surface area contributed by atoms with Crippen LogP contribution in [0, 0.1) is 5.41 Å². The van der Waals surface area contributed by atoms with Crippen LogP contribution in [-0.2, 0) is 4.74 Å². The summed E-state index contributed by atoms with van der Waals surface area (Å²) in [6, 6.07) is 0. The van der Waals surface area contributed by atoms with Crippen LogP contribution < -0.4 is 5.73 Å². The molecule has 0 unspecified atom stereocenters. The van der Waals surface area contributed by atoms with E-state index in [-0.39, 0.29) is 11.5 Å². The molecule has 2 heterocycles. The van der Waals surface area contributed by atoms with E-state index in [0.717, 1.165) is 45.6 Å². The minimum atomic E-state index is -0.441. The number of ether oxygens (including phenoxy) is 1. The van der Waals surface area contributed by atoms with Crippen molar-refractivity contribution in [1.82, 2.24) is 9.80 Å². The number of likely N-dealkylation sites (tertiary alicyclic amines) is 2. The van der Waals surface area contributed by atoms with Crippen molar-refractivity contribution in [3.05, 3.63) is 0 Å². The van der Waals surface area contributed by atoms with Gasteiger partial charge in [-0.3, -0.25) is 4.99 Å². The van der Waals surface area contributed by atoms with Crippen molar-refractivity contribution in [2.24, 2.45) is 16.1 Å². The summed E-state index contributed by atoms with van der Waals surface area (Å²) >= 11 is 0. The fourth-order valence-corrected chi connectivity index (χ4v) is 3.39. The third kappa shape index (κ3) is 6.40. The molecule has 2 aliphatic heterocycles. The van der Waals surface area contributed by atoms with Gasteiger partial charge < -0.3 is 20.3 Å². The minimum Gasteiger partial charge on any atom is -0.444 e. The summed E-state index contributed by atoms with van der Waals surface area (Å²) in [5, 5.41) is 0. The number of hydrogen-bond acceptors (Lipinski definition) is 3. The third-order valence-electron chi connectivity index (χ3n) is 5.18. The molecule has 0 atom stereocenters. The largest absolute Gasteiger partial charge is 0.444 e. The highest BCUT2D eigenvalue weighted by atomic mass is 16.6. The second-order valence-corrected chi connectivity index (χ2v) is 8.85. The second kappa shape index (κ2) is 8.28. The molecule has 2 fully saturated rings. The first-order valence-corrected chi connectivity index (χ1v) is 9.71. The van der Waals surface area contributed by atoms with Crippen LogP contribution in [0.25, 0.3) is 0 Å². The molecular formula is C19H36N4O2. The Morgan fingerprint density at radius 3 is 2.12 bits per heavy atom. The van der Waals surface area contributed by atoms with Gasteiger partial charge in [0.2, 0.25) is 0 Å². The van der Waals surface area contributed by atoms with Gasteiger partial charge in [-0.15, -0.1) is 0 Å². The van der Waals surface area contributed by atoms with Crippen molar-refractivity contribution in [3.63, 3.8) is 0 Å². The number of nitrogens with zero attached hydrogens (tertiary/aromatic N) is 3. The van der Waals surface area contributed by atoms with Gasteiger partial charge in [0.15, 0.2) is 5.96 Å². The Morgan fingerprint density at radius 2 is 1.60 bits per heavy atom. The lowest BCUT2D eigenvalue weighted by atomic mass is 9.80. The fourth-order valence-electron chi connectivity index (χ4n) is 3.39. The van der Waals surface area contributed by atoms with Crippen molar-refractivity contribution >= 4 is 12.1 Å². The molecule has 0 radical (unpaired) electrons. The predicted molar refractivity (Wildman–Crippen MR) is 102 cm³/mol. The molecule has 0 bridgehead atoms. The molecule has 0 aromatic rings. The maximum atomic E-state index is 12.2. The molecule has 0 aromatic carbocycles. The molecule has 2 rings (SSSR count). The summed E-state index contributed by atoms with van der Waals surface area (Å²) in [4.78, 5) is 20.9. The standard InChI is InChI=1S/C19H36N4O2/c1-18(2,3)25-17(24)23-13-9-19(4,10-14-23)15-21-16(20)22-11-7-5-6-8-12-22/h5-15H2,1-4H3,(H2,20,21). The zero-order chi connectivity index (χ0) is 18.5. The van der Waals surface area contributed by atoms with Gasteiger partial charge in [-0.05, 0) is 51.9 Å². The van der Waals surface area contributed by atoms with Gasteiger partial charge in [-0.25, -0.2) is 4.79 Å². The number of rotatable bonds is 2. The smallest absolute Gasteiger partial charge is 0.410 e. The van der Waals surface area contributed by atoms with Crippen molar-refractivity contribution in [3.8, 4) is 0 Å². The third-order valence-corrected chi connectivity index (χ3v) is 5.18. The summed E-state index contributed by atoms with van der Waals surface area (Å²) < 4.78 is 5.47. The maximum absolute atomic E-state index is 12.2. The average molecular weight is 353 g/mol. The van der Waals surface area contributed by atoms with Crippen LogP contribution in [0.4, 0.5) is 4.79 Å². The highest BCUT2D eigenvalue weighted by Gasteiger charge is 2.33. The van der Waals surface area contributed by atoms with Crippen molar-refractivity contribution in [1.29, 1.82) is 0 Å². The molecule has 0 aliphatic carbocycles. The van der Waals surface area contributed by atoms with Gasteiger partial charge in [-0.1, -0.05) is 19.8 Å². The van der Waals surface area contributed by atoms with Gasteiger partial charge in [0, 0.05) is 32.7 Å². The summed E-state index contributed by atoms with van der Waals surface area (Å²) in [6.45, 7) is 12.2. The van der Waals surface area contributed by atoms with Crippen LogP contribution in [0.15, 0.2) is 4.99 Å². The van der Waals surface area contributed by atoms with E-state index in [4.69, 9.17) is 15.5 Å². The first-order valence-electron chi connectivity index (χ1n) is 9.71. The molecule has 1 amide bonds. The van der Waals surface area contributed by atoms with Gasteiger partial charge in [0.25, 0.3) is 0 Å². The van der Waals surface area contributed by atoms with Gasteiger partial charge in [0.1, 0.15) is 5.60 Å². The number of hydrogen-bond donors (Lipinski definition) is 1. The van der Waals surface area contributed by atoms with E-state index in [0.29, 0.717) is 5.96 Å². The van der Waals surface area contributed by atoms with E-state index < -0.39 is 5.60 Å². The predicted octanol–water partition coefficient (Wildman–Crippen LogP) is 3.21. The zero-order valence-electron chi connectivity index (χ0n) is 16.5. The number of amides is 1. The highest BCUT2D eigenvalue weighted by molar-refractivity contribution is 5.78. The number of guanidine groups is 1. The number of carbonyl (C=O) groups is 1. The van der Waals surface area contributed by atoms with Gasteiger partial charge in [0.05, 0.1) is 0 Å². The van der Waals surface area contributed by atoms with Gasteiger partial charge >= 0.3 is 6.09 Å². The van der Waals surface area contributed by atoms with E-state index in [1.807, 2.05) is 25.7 Å². The Kier molecular flexibility index (Phi) is 6.58. The monoisotopic (exact) mass is 352 g/mol. The van der Waals surface area contributed by atoms with Crippen LogP contribution >= 0.6 is 0 Å². The molecule has 0 spiro atoms. The molecular weight excluding hydrogens is 316 g/mol. The number of nitrogens with two attached hydrogens (primary N) is 1. The number of piperidine rings is 1. The van der Waals surface area contributed by atoms with E-state index >= 15 is 0 Å². The van der Waals surface area contributed by atoms with Crippen LogP contribution in [0.3, 0.4) is 0 Å². The molecule has 2 saturated heterocycles. The molecule has 0 aromatic heterocycles. The Hall–Kier alpha value is -1.46. The van der Waals surface area contributed by atoms with E-state index in [1.165, 1.54) is 25.7 Å². The first-order chi connectivity index (χ1) is 11.7. The van der Waals surface area contributed by atoms with Crippen LogP contribution in [0.5, 0.6) is 0 Å². The molecule has 6 heteroatoms. The first kappa shape index (κ1) is 19.9. The molecule has 144 valence electrons. The lowest BCUT2D eigenvalue weighted by molar-refractivity contribution is 0.0127. The Balaban J connectivity index is 1.83. The molecule has 25 heavy (non-hydrogen) atoms. The SMILES string of the molecule is CC1(CN=C(N)N2CCCCCC2)CCN(C(=O)OC(C)(C)C)CC1. The van der Waals surface area contributed by atoms with Crippen molar-refractivity contribution in [2.75, 3.05) is 32.7 Å². The average Bonchev–Trinajstić information content (AvgIpc) is 2.81. The van der Waals surface area contributed by atoms with Gasteiger partial charge in [-0.2, -0.15) is 0 Å². The molecule has 6 nitrogen and oxygen atoms in total. The fraction of sp³-hybridized carbons (Fsp3) is 0.895. The summed E-state index contributed by atoms with van der Waals surface area (Å²) in [6.07, 6.45) is 6.66. The van der Waals surface area contributed by atoms with Crippen molar-refractivity contribution in [2.45, 2.75) is 71.8 Å². The number of carbonyl (C=O) groups excluding carboxylic acids is 1. The molecule has 2 aliphatic rings. The minimum absolute atomic E-state index is 0.106. The quantitative estimate of drug-likeness (QED) is 0.612. The second-order valence-electron chi connectivity index (χ2n) is 8.85. The summed E-state index contributed by atoms with van der Waals surface area (Å²) in [7, 11) is 0. The normalized spacial score (nSPS) is 22.5. The molecule has 2 N–H and O–H groups in total. The highest BCUT2D eigenvalue weighted by Crippen LogP contribution is 2.32. The van der Waals surface area contributed by atoms with E-state index in [2.05, 4.69) is 11.8 Å². The Bertz CT molecular complexity index is 468. The lowest BCUT2D eigenvalue weighted by Crippen LogP contribution is -2.45. The van der Waals surface area contributed by atoms with Crippen molar-refractivity contribution < 1.29 is 9.53 Å². The topological polar surface area (TPSA) is 71.2 Å². The molecule has 0 saturated carbocycles.